The molecule has 1 atom stereocenters. The Labute approximate surface area is 95.2 Å². The standard InChI is InChI=1S/C9H11NO5S/c1-10(15-16(12)13)8-5-3-4-7(6-8)9(11)14-2/h3-6H,1-2H3,(H,12,13)/p-1. The average molecular weight is 244 g/mol. The van der Waals surface area contributed by atoms with Crippen LogP contribution in [-0.2, 0) is 20.4 Å². The molecule has 1 aromatic rings. The van der Waals surface area contributed by atoms with E-state index in [9.17, 15) is 13.6 Å². The number of benzene rings is 1. The predicted molar refractivity (Wildman–Crippen MR) is 56.2 cm³/mol. The van der Waals surface area contributed by atoms with Crippen LogP contribution in [0.3, 0.4) is 0 Å². The third-order valence-corrected chi connectivity index (χ3v) is 2.15. The fraction of sp³-hybridized carbons (Fsp3) is 0.222. The highest BCUT2D eigenvalue weighted by atomic mass is 32.2. The smallest absolute Gasteiger partial charge is 0.337 e. The van der Waals surface area contributed by atoms with Gasteiger partial charge in [-0.1, -0.05) is 6.07 Å². The molecule has 1 unspecified atom stereocenters. The number of ether oxygens (including phenoxy) is 1. The van der Waals surface area contributed by atoms with Crippen LogP contribution in [0.25, 0.3) is 0 Å². The van der Waals surface area contributed by atoms with Crippen LogP contribution >= 0.6 is 0 Å². The van der Waals surface area contributed by atoms with Crippen LogP contribution in [0.5, 0.6) is 0 Å². The summed E-state index contributed by atoms with van der Waals surface area (Å²) in [5.41, 5.74) is 0.735. The van der Waals surface area contributed by atoms with E-state index in [2.05, 4.69) is 9.02 Å². The van der Waals surface area contributed by atoms with Gasteiger partial charge in [-0.25, -0.2) is 14.1 Å². The van der Waals surface area contributed by atoms with Gasteiger partial charge in [0.05, 0.1) is 18.4 Å². The van der Waals surface area contributed by atoms with Crippen molar-refractivity contribution < 1.29 is 22.6 Å². The van der Waals surface area contributed by atoms with Crippen LogP contribution in [0, 0.1) is 0 Å². The first-order valence-corrected chi connectivity index (χ1v) is 5.24. The van der Waals surface area contributed by atoms with E-state index in [1.54, 1.807) is 18.2 Å². The molecule has 0 aliphatic heterocycles. The third-order valence-electron chi connectivity index (χ3n) is 1.80. The van der Waals surface area contributed by atoms with E-state index in [-0.39, 0.29) is 0 Å². The lowest BCUT2D eigenvalue weighted by molar-refractivity contribution is 0.0601. The van der Waals surface area contributed by atoms with Crippen LogP contribution < -0.4 is 5.06 Å². The summed E-state index contributed by atoms with van der Waals surface area (Å²) < 4.78 is 29.5. The summed E-state index contributed by atoms with van der Waals surface area (Å²) in [7, 11) is 2.67. The number of carbonyl (C=O) groups excluding carboxylic acids is 1. The minimum atomic E-state index is -2.66. The van der Waals surface area contributed by atoms with Gasteiger partial charge in [0.15, 0.2) is 0 Å². The molecule has 0 radical (unpaired) electrons. The van der Waals surface area contributed by atoms with Crippen molar-refractivity contribution in [1.29, 1.82) is 0 Å². The summed E-state index contributed by atoms with van der Waals surface area (Å²) in [6, 6.07) is 6.20. The molecule has 0 aliphatic rings. The van der Waals surface area contributed by atoms with Gasteiger partial charge in [0, 0.05) is 7.05 Å². The van der Waals surface area contributed by atoms with Crippen LogP contribution in [0.4, 0.5) is 5.69 Å². The predicted octanol–water partition coefficient (Wildman–Crippen LogP) is 0.635. The third kappa shape index (κ3) is 3.30. The van der Waals surface area contributed by atoms with Crippen molar-refractivity contribution in [3.8, 4) is 0 Å². The monoisotopic (exact) mass is 244 g/mol. The lowest BCUT2D eigenvalue weighted by atomic mass is 10.2. The molecular weight excluding hydrogens is 234 g/mol. The van der Waals surface area contributed by atoms with E-state index < -0.39 is 17.3 Å². The lowest BCUT2D eigenvalue weighted by Crippen LogP contribution is -2.19. The highest BCUT2D eigenvalue weighted by Gasteiger charge is 2.08. The average Bonchev–Trinajstić information content (AvgIpc) is 2.27. The maximum absolute atomic E-state index is 11.2. The number of hydrogen-bond acceptors (Lipinski definition) is 6. The fourth-order valence-corrected chi connectivity index (χ4v) is 1.35. The Balaban J connectivity index is 2.89. The van der Waals surface area contributed by atoms with E-state index in [1.165, 1.54) is 20.2 Å². The normalized spacial score (nSPS) is 11.9. The molecule has 88 valence electrons. The molecule has 0 aliphatic carbocycles. The fourth-order valence-electron chi connectivity index (χ4n) is 1.08. The van der Waals surface area contributed by atoms with Crippen molar-refractivity contribution in [1.82, 2.24) is 0 Å². The molecular formula is C9H10NO5S-. The molecule has 1 aromatic carbocycles. The van der Waals surface area contributed by atoms with E-state index in [0.29, 0.717) is 11.3 Å². The second-order valence-corrected chi connectivity index (χ2v) is 3.38. The van der Waals surface area contributed by atoms with Crippen LogP contribution in [0.15, 0.2) is 24.3 Å². The number of hydrogen-bond donors (Lipinski definition) is 0. The van der Waals surface area contributed by atoms with Gasteiger partial charge in [-0.05, 0) is 18.2 Å². The number of anilines is 1. The highest BCUT2D eigenvalue weighted by molar-refractivity contribution is 7.74. The Kier molecular flexibility index (Phi) is 4.41. The minimum absolute atomic E-state index is 0.312. The Morgan fingerprint density at radius 3 is 2.75 bits per heavy atom. The molecule has 7 heteroatoms. The molecule has 0 fully saturated rings. The number of esters is 1. The SMILES string of the molecule is COC(=O)c1cccc(N(C)OS(=O)[O-])c1. The number of rotatable bonds is 4. The first-order valence-electron chi connectivity index (χ1n) is 4.24. The van der Waals surface area contributed by atoms with Gasteiger partial charge in [-0.15, -0.1) is 0 Å². The zero-order valence-electron chi connectivity index (χ0n) is 8.71. The van der Waals surface area contributed by atoms with E-state index in [0.717, 1.165) is 5.06 Å². The molecule has 6 nitrogen and oxygen atoms in total. The van der Waals surface area contributed by atoms with Crippen molar-refractivity contribution >= 4 is 23.0 Å². The summed E-state index contributed by atoms with van der Waals surface area (Å²) >= 11 is -2.66. The highest BCUT2D eigenvalue weighted by Crippen LogP contribution is 2.16. The Morgan fingerprint density at radius 1 is 1.50 bits per heavy atom. The molecule has 0 aromatic heterocycles. The maximum atomic E-state index is 11.2. The number of hydroxylamine groups is 1. The molecule has 1 rings (SSSR count). The van der Waals surface area contributed by atoms with E-state index in [1.807, 2.05) is 0 Å². The van der Waals surface area contributed by atoms with Gasteiger partial charge < -0.3 is 9.29 Å². The van der Waals surface area contributed by atoms with Crippen molar-refractivity contribution in [2.24, 2.45) is 0 Å². The van der Waals surface area contributed by atoms with Gasteiger partial charge in [0.25, 0.3) is 0 Å². The van der Waals surface area contributed by atoms with Crippen molar-refractivity contribution in [2.75, 3.05) is 19.2 Å². The van der Waals surface area contributed by atoms with E-state index in [4.69, 9.17) is 0 Å². The molecule has 16 heavy (non-hydrogen) atoms. The summed E-state index contributed by atoms with van der Waals surface area (Å²) in [6.07, 6.45) is 0. The number of nitrogens with zero attached hydrogens (tertiary/aromatic N) is 1. The van der Waals surface area contributed by atoms with Crippen molar-refractivity contribution in [2.45, 2.75) is 0 Å². The van der Waals surface area contributed by atoms with Crippen molar-refractivity contribution in [3.63, 3.8) is 0 Å². The van der Waals surface area contributed by atoms with Crippen molar-refractivity contribution in [3.05, 3.63) is 29.8 Å². The number of carbonyl (C=O) groups is 1. The molecule has 0 saturated carbocycles. The Bertz CT molecular complexity index is 409. The lowest BCUT2D eigenvalue weighted by Gasteiger charge is -2.19. The molecule has 0 heterocycles. The molecule has 0 bridgehead atoms. The van der Waals surface area contributed by atoms with Gasteiger partial charge in [0.1, 0.15) is 11.4 Å². The Morgan fingerprint density at radius 2 is 2.19 bits per heavy atom. The molecule has 0 N–H and O–H groups in total. The van der Waals surface area contributed by atoms with Gasteiger partial charge in [-0.3, -0.25) is 0 Å². The second-order valence-electron chi connectivity index (χ2n) is 2.82. The minimum Gasteiger partial charge on any atom is -0.748 e. The van der Waals surface area contributed by atoms with Gasteiger partial charge in [-0.2, -0.15) is 4.28 Å². The van der Waals surface area contributed by atoms with Gasteiger partial charge >= 0.3 is 5.97 Å². The summed E-state index contributed by atoms with van der Waals surface area (Å²) in [5.74, 6) is -0.501. The zero-order chi connectivity index (χ0) is 12.1. The first-order chi connectivity index (χ1) is 7.54. The summed E-state index contributed by atoms with van der Waals surface area (Å²) in [4.78, 5) is 11.2. The maximum Gasteiger partial charge on any atom is 0.337 e. The molecule has 0 spiro atoms. The van der Waals surface area contributed by atoms with E-state index >= 15 is 0 Å². The molecule has 0 saturated heterocycles. The first kappa shape index (κ1) is 12.6. The Hall–Kier alpha value is -1.44. The van der Waals surface area contributed by atoms with Crippen LogP contribution in [0.2, 0.25) is 0 Å². The number of methoxy groups -OCH3 is 1. The summed E-state index contributed by atoms with van der Waals surface area (Å²) in [6.45, 7) is 0. The van der Waals surface area contributed by atoms with Crippen LogP contribution in [0.1, 0.15) is 10.4 Å². The quantitative estimate of drug-likeness (QED) is 0.439. The van der Waals surface area contributed by atoms with Gasteiger partial charge in [0.2, 0.25) is 0 Å². The van der Waals surface area contributed by atoms with Crippen LogP contribution in [-0.4, -0.2) is 28.9 Å². The molecule has 0 amide bonds. The summed E-state index contributed by atoms with van der Waals surface area (Å²) in [5, 5.41) is 1.02. The second kappa shape index (κ2) is 5.59. The largest absolute Gasteiger partial charge is 0.748 e. The topological polar surface area (TPSA) is 78.9 Å². The zero-order valence-corrected chi connectivity index (χ0v) is 9.52.